The molecule has 2 fully saturated rings. The van der Waals surface area contributed by atoms with E-state index in [2.05, 4.69) is 12.1 Å². The molecule has 1 aromatic carbocycles. The van der Waals surface area contributed by atoms with E-state index in [1.165, 1.54) is 37.7 Å². The third-order valence-electron chi connectivity index (χ3n) is 4.21. The Labute approximate surface area is 121 Å². The molecule has 0 spiro atoms. The molecule has 2 unspecified atom stereocenters. The number of rotatable bonds is 6. The highest BCUT2D eigenvalue weighted by Crippen LogP contribution is 2.28. The molecule has 20 heavy (non-hydrogen) atoms. The second-order valence-corrected chi connectivity index (χ2v) is 6.06. The van der Waals surface area contributed by atoms with E-state index in [-0.39, 0.29) is 6.04 Å². The van der Waals surface area contributed by atoms with Gasteiger partial charge in [-0.3, -0.25) is 0 Å². The van der Waals surface area contributed by atoms with Crippen LogP contribution in [0.1, 0.15) is 56.6 Å². The number of nitrogens with two attached hydrogens (primary N) is 1. The molecule has 110 valence electrons. The summed E-state index contributed by atoms with van der Waals surface area (Å²) >= 11 is 0. The average molecular weight is 275 g/mol. The molecule has 3 nitrogen and oxygen atoms in total. The van der Waals surface area contributed by atoms with Gasteiger partial charge in [0.05, 0.1) is 12.2 Å². The van der Waals surface area contributed by atoms with Crippen LogP contribution < -0.4 is 10.5 Å². The lowest BCUT2D eigenvalue weighted by atomic mass is 9.98. The maximum atomic E-state index is 6.28. The topological polar surface area (TPSA) is 44.5 Å². The first-order valence-corrected chi connectivity index (χ1v) is 7.95. The van der Waals surface area contributed by atoms with E-state index < -0.39 is 0 Å². The fourth-order valence-corrected chi connectivity index (χ4v) is 2.74. The quantitative estimate of drug-likeness (QED) is 0.863. The van der Waals surface area contributed by atoms with Gasteiger partial charge >= 0.3 is 0 Å². The Bertz CT molecular complexity index is 408. The zero-order valence-corrected chi connectivity index (χ0v) is 12.1. The first-order chi connectivity index (χ1) is 9.81. The summed E-state index contributed by atoms with van der Waals surface area (Å²) in [5, 5.41) is 0. The van der Waals surface area contributed by atoms with Crippen LogP contribution >= 0.6 is 0 Å². The van der Waals surface area contributed by atoms with Crippen molar-refractivity contribution in [3.05, 3.63) is 29.8 Å². The maximum Gasteiger partial charge on any atom is 0.119 e. The number of hydrogen-bond donors (Lipinski definition) is 1. The van der Waals surface area contributed by atoms with Crippen LogP contribution in [0.2, 0.25) is 0 Å². The van der Waals surface area contributed by atoms with Gasteiger partial charge in [-0.1, -0.05) is 12.1 Å². The summed E-state index contributed by atoms with van der Waals surface area (Å²) < 4.78 is 11.5. The van der Waals surface area contributed by atoms with Gasteiger partial charge in [-0.05, 0) is 62.6 Å². The zero-order chi connectivity index (χ0) is 13.8. The SMILES string of the molecule is NC(CCC1CCCCO1)c1ccc(OC2CC2)cc1. The largest absolute Gasteiger partial charge is 0.490 e. The molecule has 0 radical (unpaired) electrons. The van der Waals surface area contributed by atoms with E-state index >= 15 is 0 Å². The lowest BCUT2D eigenvalue weighted by Crippen LogP contribution is -2.21. The molecule has 0 aromatic heterocycles. The molecule has 0 bridgehead atoms. The van der Waals surface area contributed by atoms with Gasteiger partial charge in [0.25, 0.3) is 0 Å². The summed E-state index contributed by atoms with van der Waals surface area (Å²) in [5.74, 6) is 0.971. The zero-order valence-electron chi connectivity index (χ0n) is 12.1. The third-order valence-corrected chi connectivity index (χ3v) is 4.21. The summed E-state index contributed by atoms with van der Waals surface area (Å²) in [6.45, 7) is 0.924. The summed E-state index contributed by atoms with van der Waals surface area (Å²) in [6.07, 6.45) is 9.05. The van der Waals surface area contributed by atoms with E-state index in [0.29, 0.717) is 12.2 Å². The Morgan fingerprint density at radius 1 is 1.15 bits per heavy atom. The molecular weight excluding hydrogens is 250 g/mol. The molecule has 2 atom stereocenters. The summed E-state index contributed by atoms with van der Waals surface area (Å²) in [4.78, 5) is 0. The Morgan fingerprint density at radius 2 is 1.95 bits per heavy atom. The minimum Gasteiger partial charge on any atom is -0.490 e. The van der Waals surface area contributed by atoms with E-state index in [1.807, 2.05) is 12.1 Å². The van der Waals surface area contributed by atoms with Crippen LogP contribution in [0.3, 0.4) is 0 Å². The van der Waals surface area contributed by atoms with E-state index in [4.69, 9.17) is 15.2 Å². The second kappa shape index (κ2) is 6.59. The van der Waals surface area contributed by atoms with Crippen molar-refractivity contribution in [1.29, 1.82) is 0 Å². The predicted octanol–water partition coefficient (Wildman–Crippen LogP) is 3.58. The normalized spacial score (nSPS) is 24.4. The van der Waals surface area contributed by atoms with Gasteiger partial charge in [0.2, 0.25) is 0 Å². The standard InChI is InChI=1S/C17H25NO2/c18-17(11-10-14-3-1-2-12-19-14)13-4-6-15(7-5-13)20-16-8-9-16/h4-7,14,16-17H,1-3,8-12,18H2. The van der Waals surface area contributed by atoms with Crippen molar-refractivity contribution in [3.8, 4) is 5.75 Å². The molecule has 1 saturated heterocycles. The Kier molecular flexibility index (Phi) is 4.58. The average Bonchev–Trinajstić information content (AvgIpc) is 3.31. The molecule has 1 aromatic rings. The summed E-state index contributed by atoms with van der Waals surface area (Å²) in [6, 6.07) is 8.40. The van der Waals surface area contributed by atoms with Crippen molar-refractivity contribution < 1.29 is 9.47 Å². The van der Waals surface area contributed by atoms with Gasteiger partial charge in [0.15, 0.2) is 0 Å². The minimum atomic E-state index is 0.107. The van der Waals surface area contributed by atoms with Gasteiger partial charge in [-0.25, -0.2) is 0 Å². The fourth-order valence-electron chi connectivity index (χ4n) is 2.74. The lowest BCUT2D eigenvalue weighted by molar-refractivity contribution is 0.00912. The third kappa shape index (κ3) is 3.97. The van der Waals surface area contributed by atoms with Gasteiger partial charge in [0.1, 0.15) is 5.75 Å². The number of hydrogen-bond acceptors (Lipinski definition) is 3. The molecule has 0 amide bonds. The van der Waals surface area contributed by atoms with Crippen molar-refractivity contribution in [2.75, 3.05) is 6.61 Å². The van der Waals surface area contributed by atoms with E-state index in [1.54, 1.807) is 0 Å². The Balaban J connectivity index is 1.46. The van der Waals surface area contributed by atoms with E-state index in [0.717, 1.165) is 25.2 Å². The highest BCUT2D eigenvalue weighted by atomic mass is 16.5. The first-order valence-electron chi connectivity index (χ1n) is 7.95. The minimum absolute atomic E-state index is 0.107. The molecule has 3 heteroatoms. The van der Waals surface area contributed by atoms with Crippen molar-refractivity contribution in [3.63, 3.8) is 0 Å². The molecule has 2 N–H and O–H groups in total. The monoisotopic (exact) mass is 275 g/mol. The van der Waals surface area contributed by atoms with Crippen LogP contribution in [0.4, 0.5) is 0 Å². The van der Waals surface area contributed by atoms with Gasteiger partial charge in [0, 0.05) is 12.6 Å². The molecule has 1 saturated carbocycles. The molecular formula is C17H25NO2. The number of ether oxygens (including phenoxy) is 2. The molecule has 2 aliphatic rings. The van der Waals surface area contributed by atoms with E-state index in [9.17, 15) is 0 Å². The van der Waals surface area contributed by atoms with Crippen LogP contribution in [0.15, 0.2) is 24.3 Å². The lowest BCUT2D eigenvalue weighted by Gasteiger charge is -2.24. The summed E-state index contributed by atoms with van der Waals surface area (Å²) in [5.41, 5.74) is 7.48. The smallest absolute Gasteiger partial charge is 0.119 e. The molecule has 1 aliphatic carbocycles. The highest BCUT2D eigenvalue weighted by molar-refractivity contribution is 5.29. The Hall–Kier alpha value is -1.06. The first kappa shape index (κ1) is 13.9. The number of benzene rings is 1. The van der Waals surface area contributed by atoms with Crippen LogP contribution in [0.5, 0.6) is 5.75 Å². The Morgan fingerprint density at radius 3 is 2.60 bits per heavy atom. The van der Waals surface area contributed by atoms with Crippen LogP contribution in [-0.2, 0) is 4.74 Å². The fraction of sp³-hybridized carbons (Fsp3) is 0.647. The van der Waals surface area contributed by atoms with Gasteiger partial charge < -0.3 is 15.2 Å². The van der Waals surface area contributed by atoms with Crippen LogP contribution in [-0.4, -0.2) is 18.8 Å². The van der Waals surface area contributed by atoms with Crippen LogP contribution in [0, 0.1) is 0 Å². The van der Waals surface area contributed by atoms with Gasteiger partial charge in [-0.2, -0.15) is 0 Å². The van der Waals surface area contributed by atoms with Crippen molar-refractivity contribution >= 4 is 0 Å². The molecule has 1 aliphatic heterocycles. The van der Waals surface area contributed by atoms with Crippen molar-refractivity contribution in [2.45, 2.75) is 63.2 Å². The van der Waals surface area contributed by atoms with Crippen molar-refractivity contribution in [2.24, 2.45) is 5.73 Å². The molecule has 1 heterocycles. The predicted molar refractivity (Wildman–Crippen MR) is 79.8 cm³/mol. The van der Waals surface area contributed by atoms with Crippen molar-refractivity contribution in [1.82, 2.24) is 0 Å². The highest BCUT2D eigenvalue weighted by Gasteiger charge is 2.23. The second-order valence-electron chi connectivity index (χ2n) is 6.06. The van der Waals surface area contributed by atoms with Gasteiger partial charge in [-0.15, -0.1) is 0 Å². The summed E-state index contributed by atoms with van der Waals surface area (Å²) in [7, 11) is 0. The molecule has 3 rings (SSSR count). The van der Waals surface area contributed by atoms with Crippen LogP contribution in [0.25, 0.3) is 0 Å². The maximum absolute atomic E-state index is 6.28.